The molecule has 2 aromatic heterocycles. The Bertz CT molecular complexity index is 772. The van der Waals surface area contributed by atoms with Gasteiger partial charge < -0.3 is 15.5 Å². The van der Waals surface area contributed by atoms with Gasteiger partial charge in [0.15, 0.2) is 5.16 Å². The van der Waals surface area contributed by atoms with Crippen LogP contribution in [0.4, 0.5) is 11.5 Å². The second kappa shape index (κ2) is 5.83. The Kier molecular flexibility index (Phi) is 3.90. The Balaban J connectivity index is 1.86. The lowest BCUT2D eigenvalue weighted by Gasteiger charge is -2.06. The molecule has 3 aromatic rings. The van der Waals surface area contributed by atoms with Crippen molar-refractivity contribution in [3.8, 4) is 0 Å². The summed E-state index contributed by atoms with van der Waals surface area (Å²) in [6.07, 6.45) is 3.55. The molecular weight excluding hydrogens is 308 g/mol. The summed E-state index contributed by atoms with van der Waals surface area (Å²) in [5, 5.41) is 5.35. The number of hydrogen-bond acceptors (Lipinski definition) is 6. The van der Waals surface area contributed by atoms with Gasteiger partial charge in [0, 0.05) is 22.8 Å². The third-order valence-electron chi connectivity index (χ3n) is 3.03. The molecule has 0 unspecified atom stereocenters. The van der Waals surface area contributed by atoms with Crippen molar-refractivity contribution in [3.05, 3.63) is 41.1 Å². The van der Waals surface area contributed by atoms with Crippen LogP contribution in [0.1, 0.15) is 5.56 Å². The summed E-state index contributed by atoms with van der Waals surface area (Å²) < 4.78 is 5.47. The molecule has 0 aliphatic rings. The highest BCUT2D eigenvalue weighted by molar-refractivity contribution is 7.98. The summed E-state index contributed by atoms with van der Waals surface area (Å²) >= 11 is 7.29. The molecule has 7 heteroatoms. The number of benzene rings is 1. The van der Waals surface area contributed by atoms with E-state index in [0.717, 1.165) is 16.6 Å². The summed E-state index contributed by atoms with van der Waals surface area (Å²) in [5.41, 5.74) is 8.40. The zero-order valence-corrected chi connectivity index (χ0v) is 12.8. The predicted octanol–water partition coefficient (Wildman–Crippen LogP) is 3.79. The highest BCUT2D eigenvalue weighted by atomic mass is 35.5. The van der Waals surface area contributed by atoms with Crippen molar-refractivity contribution in [1.29, 1.82) is 0 Å². The standard InChI is InChI=1S/C14H13ClN4OS/c1-21-14-18-12(16)11-8(7-20-13(11)19-14)6-17-10-4-2-9(15)3-5-10/h2-5,7,17H,6H2,1H3,(H2,16,18,19). The number of rotatable bonds is 4. The zero-order valence-electron chi connectivity index (χ0n) is 11.3. The Morgan fingerprint density at radius 1 is 1.29 bits per heavy atom. The number of aromatic nitrogens is 2. The molecule has 0 aliphatic carbocycles. The van der Waals surface area contributed by atoms with Crippen LogP contribution in [0.2, 0.25) is 5.02 Å². The third kappa shape index (κ3) is 2.91. The van der Waals surface area contributed by atoms with Gasteiger partial charge in [0.2, 0.25) is 5.71 Å². The van der Waals surface area contributed by atoms with E-state index < -0.39 is 0 Å². The van der Waals surface area contributed by atoms with Gasteiger partial charge >= 0.3 is 0 Å². The SMILES string of the molecule is CSc1nc(N)c2c(CNc3ccc(Cl)cc3)coc2n1. The molecule has 3 rings (SSSR count). The smallest absolute Gasteiger partial charge is 0.232 e. The molecule has 0 saturated carbocycles. The van der Waals surface area contributed by atoms with Gasteiger partial charge in [0.25, 0.3) is 0 Å². The maximum Gasteiger partial charge on any atom is 0.232 e. The van der Waals surface area contributed by atoms with E-state index in [1.54, 1.807) is 6.26 Å². The van der Waals surface area contributed by atoms with E-state index in [2.05, 4.69) is 15.3 Å². The fourth-order valence-corrected chi connectivity index (χ4v) is 2.49. The number of halogens is 1. The fourth-order valence-electron chi connectivity index (χ4n) is 2.00. The Hall–Kier alpha value is -1.92. The lowest BCUT2D eigenvalue weighted by Crippen LogP contribution is -2.01. The van der Waals surface area contributed by atoms with Gasteiger partial charge in [-0.05, 0) is 30.5 Å². The van der Waals surface area contributed by atoms with Crippen LogP contribution in [0.15, 0.2) is 40.1 Å². The van der Waals surface area contributed by atoms with Crippen LogP contribution < -0.4 is 11.1 Å². The molecule has 21 heavy (non-hydrogen) atoms. The van der Waals surface area contributed by atoms with Crippen LogP contribution in [-0.4, -0.2) is 16.2 Å². The largest absolute Gasteiger partial charge is 0.446 e. The maximum absolute atomic E-state index is 6.00. The van der Waals surface area contributed by atoms with Crippen LogP contribution in [-0.2, 0) is 6.54 Å². The molecular formula is C14H13ClN4OS. The molecule has 0 atom stereocenters. The average Bonchev–Trinajstić information content (AvgIpc) is 2.90. The van der Waals surface area contributed by atoms with Gasteiger partial charge in [-0.2, -0.15) is 4.98 Å². The lowest BCUT2D eigenvalue weighted by molar-refractivity contribution is 0.594. The summed E-state index contributed by atoms with van der Waals surface area (Å²) in [6.45, 7) is 0.570. The second-order valence-electron chi connectivity index (χ2n) is 4.40. The first-order valence-electron chi connectivity index (χ1n) is 6.24. The number of furan rings is 1. The quantitative estimate of drug-likeness (QED) is 0.562. The number of nitrogens with one attached hydrogen (secondary N) is 1. The normalized spacial score (nSPS) is 11.0. The monoisotopic (exact) mass is 320 g/mol. The lowest BCUT2D eigenvalue weighted by atomic mass is 10.2. The molecule has 2 heterocycles. The fraction of sp³-hybridized carbons (Fsp3) is 0.143. The van der Waals surface area contributed by atoms with E-state index in [1.165, 1.54) is 11.8 Å². The van der Waals surface area contributed by atoms with Gasteiger partial charge in [-0.15, -0.1) is 0 Å². The molecule has 1 aromatic carbocycles. The van der Waals surface area contributed by atoms with E-state index >= 15 is 0 Å². The third-order valence-corrected chi connectivity index (χ3v) is 3.83. The van der Waals surface area contributed by atoms with E-state index in [0.29, 0.717) is 28.3 Å². The molecule has 0 amide bonds. The zero-order chi connectivity index (χ0) is 14.8. The molecule has 3 N–H and O–H groups in total. The van der Waals surface area contributed by atoms with Crippen molar-refractivity contribution in [2.75, 3.05) is 17.3 Å². The second-order valence-corrected chi connectivity index (χ2v) is 5.61. The highest BCUT2D eigenvalue weighted by Gasteiger charge is 2.13. The Labute approximate surface area is 130 Å². The number of nitrogen functional groups attached to an aromatic ring is 1. The van der Waals surface area contributed by atoms with Gasteiger partial charge in [-0.3, -0.25) is 0 Å². The minimum absolute atomic E-state index is 0.436. The van der Waals surface area contributed by atoms with E-state index in [4.69, 9.17) is 21.8 Å². The van der Waals surface area contributed by atoms with Crippen molar-refractivity contribution in [3.63, 3.8) is 0 Å². The Morgan fingerprint density at radius 3 is 2.76 bits per heavy atom. The van der Waals surface area contributed by atoms with E-state index in [9.17, 15) is 0 Å². The van der Waals surface area contributed by atoms with Crippen LogP contribution >= 0.6 is 23.4 Å². The van der Waals surface area contributed by atoms with Crippen LogP contribution in [0.3, 0.4) is 0 Å². The van der Waals surface area contributed by atoms with Crippen LogP contribution in [0.25, 0.3) is 11.1 Å². The van der Waals surface area contributed by atoms with E-state index in [1.807, 2.05) is 30.5 Å². The number of anilines is 2. The van der Waals surface area contributed by atoms with Crippen molar-refractivity contribution >= 4 is 46.0 Å². The van der Waals surface area contributed by atoms with Gasteiger partial charge in [-0.1, -0.05) is 23.4 Å². The topological polar surface area (TPSA) is 77.0 Å². The minimum Gasteiger partial charge on any atom is -0.446 e. The summed E-state index contributed by atoms with van der Waals surface area (Å²) in [7, 11) is 0. The molecule has 0 saturated heterocycles. The predicted molar refractivity (Wildman–Crippen MR) is 86.8 cm³/mol. The number of nitrogens with two attached hydrogens (primary N) is 1. The van der Waals surface area contributed by atoms with Crippen molar-refractivity contribution in [2.24, 2.45) is 0 Å². The molecule has 0 fully saturated rings. The van der Waals surface area contributed by atoms with Crippen LogP contribution in [0, 0.1) is 0 Å². The Morgan fingerprint density at radius 2 is 2.05 bits per heavy atom. The molecule has 0 radical (unpaired) electrons. The first-order chi connectivity index (χ1) is 10.2. The molecule has 108 valence electrons. The first kappa shape index (κ1) is 14.0. The summed E-state index contributed by atoms with van der Waals surface area (Å²) in [6, 6.07) is 7.49. The number of hydrogen-bond donors (Lipinski definition) is 2. The molecule has 0 bridgehead atoms. The van der Waals surface area contributed by atoms with Crippen LogP contribution in [0.5, 0.6) is 0 Å². The molecule has 0 aliphatic heterocycles. The molecule has 5 nitrogen and oxygen atoms in total. The van der Waals surface area contributed by atoms with Gasteiger partial charge in [-0.25, -0.2) is 4.98 Å². The highest BCUT2D eigenvalue weighted by Crippen LogP contribution is 2.27. The van der Waals surface area contributed by atoms with E-state index in [-0.39, 0.29) is 0 Å². The van der Waals surface area contributed by atoms with Gasteiger partial charge in [0.05, 0.1) is 11.6 Å². The maximum atomic E-state index is 6.00. The van der Waals surface area contributed by atoms with Crippen molar-refractivity contribution < 1.29 is 4.42 Å². The molecule has 0 spiro atoms. The van der Waals surface area contributed by atoms with Crippen molar-refractivity contribution in [2.45, 2.75) is 11.7 Å². The number of thioether (sulfide) groups is 1. The average molecular weight is 321 g/mol. The van der Waals surface area contributed by atoms with Gasteiger partial charge in [0.1, 0.15) is 5.82 Å². The number of nitrogens with zero attached hydrogens (tertiary/aromatic N) is 2. The summed E-state index contributed by atoms with van der Waals surface area (Å²) in [4.78, 5) is 8.55. The number of fused-ring (bicyclic) bond motifs is 1. The first-order valence-corrected chi connectivity index (χ1v) is 7.84. The minimum atomic E-state index is 0.436. The summed E-state index contributed by atoms with van der Waals surface area (Å²) in [5.74, 6) is 0.436. The van der Waals surface area contributed by atoms with Crippen molar-refractivity contribution in [1.82, 2.24) is 9.97 Å².